The maximum Gasteiger partial charge on any atom is 0.309 e. The van der Waals surface area contributed by atoms with E-state index in [4.69, 9.17) is 4.74 Å². The number of hydrogen-bond donors (Lipinski definition) is 0. The molecule has 19 heavy (non-hydrogen) atoms. The first kappa shape index (κ1) is 18.2. The summed E-state index contributed by atoms with van der Waals surface area (Å²) in [6.07, 6.45) is 12.7. The summed E-state index contributed by atoms with van der Waals surface area (Å²) >= 11 is 0. The molecule has 0 fully saturated rings. The molecular weight excluding hydrogens is 236 g/mol. The number of carbonyl (C=O) groups is 1. The molecule has 0 saturated carbocycles. The second-order valence-electron chi connectivity index (χ2n) is 6.41. The summed E-state index contributed by atoms with van der Waals surface area (Å²) < 4.78 is 5.19. The number of unbranched alkanes of at least 4 members (excludes halogenated alkanes) is 4. The average molecular weight is 268 g/mol. The maximum absolute atomic E-state index is 11.4. The lowest BCUT2D eigenvalue weighted by Gasteiger charge is -2.17. The Balaban J connectivity index is 3.41. The van der Waals surface area contributed by atoms with Gasteiger partial charge >= 0.3 is 5.97 Å². The first-order valence-electron chi connectivity index (χ1n) is 7.76. The molecule has 0 rings (SSSR count). The molecule has 0 aromatic rings. The maximum atomic E-state index is 11.4. The topological polar surface area (TPSA) is 26.3 Å². The molecule has 0 bridgehead atoms. The lowest BCUT2D eigenvalue weighted by atomic mass is 9.91. The van der Waals surface area contributed by atoms with Crippen LogP contribution in [0, 0.1) is 5.41 Å². The van der Waals surface area contributed by atoms with E-state index < -0.39 is 0 Å². The van der Waals surface area contributed by atoms with E-state index in [9.17, 15) is 4.79 Å². The molecule has 0 aromatic carbocycles. The molecule has 0 N–H and O–H groups in total. The van der Waals surface area contributed by atoms with Crippen molar-refractivity contribution in [2.24, 2.45) is 5.41 Å². The number of rotatable bonds is 10. The fraction of sp³-hybridized carbons (Fsp3) is 0.824. The Kier molecular flexibility index (Phi) is 10.6. The van der Waals surface area contributed by atoms with Gasteiger partial charge in [-0.25, -0.2) is 0 Å². The van der Waals surface area contributed by atoms with Crippen LogP contribution in [0.25, 0.3) is 0 Å². The highest BCUT2D eigenvalue weighted by Gasteiger charge is 2.09. The van der Waals surface area contributed by atoms with Gasteiger partial charge in [-0.3, -0.25) is 4.79 Å². The summed E-state index contributed by atoms with van der Waals surface area (Å²) in [6.45, 7) is 9.38. The van der Waals surface area contributed by atoms with Crippen molar-refractivity contribution >= 4 is 5.97 Å². The summed E-state index contributed by atoms with van der Waals surface area (Å²) in [5.41, 5.74) is 0.324. The van der Waals surface area contributed by atoms with Crippen molar-refractivity contribution in [3.63, 3.8) is 0 Å². The third kappa shape index (κ3) is 15.2. The number of ether oxygens (including phenoxy) is 1. The third-order valence-corrected chi connectivity index (χ3v) is 3.01. The molecule has 2 nitrogen and oxygen atoms in total. The zero-order valence-electron chi connectivity index (χ0n) is 13.3. The van der Waals surface area contributed by atoms with E-state index in [1.807, 2.05) is 6.08 Å². The van der Waals surface area contributed by atoms with E-state index in [0.717, 1.165) is 19.3 Å². The van der Waals surface area contributed by atoms with Crippen molar-refractivity contribution in [1.82, 2.24) is 0 Å². The van der Waals surface area contributed by atoms with Crippen LogP contribution in [-0.4, -0.2) is 12.6 Å². The van der Waals surface area contributed by atoms with Crippen molar-refractivity contribution in [1.29, 1.82) is 0 Å². The van der Waals surface area contributed by atoms with E-state index in [2.05, 4.69) is 33.8 Å². The van der Waals surface area contributed by atoms with Gasteiger partial charge in [-0.1, -0.05) is 59.1 Å². The Labute approximate surface area is 119 Å². The van der Waals surface area contributed by atoms with Crippen molar-refractivity contribution in [3.8, 4) is 0 Å². The van der Waals surface area contributed by atoms with Crippen molar-refractivity contribution in [3.05, 3.63) is 12.2 Å². The Morgan fingerprint density at radius 3 is 2.42 bits per heavy atom. The van der Waals surface area contributed by atoms with Crippen LogP contribution in [-0.2, 0) is 9.53 Å². The molecule has 0 aliphatic carbocycles. The zero-order valence-corrected chi connectivity index (χ0v) is 13.3. The van der Waals surface area contributed by atoms with E-state index in [1.54, 1.807) is 0 Å². The summed E-state index contributed by atoms with van der Waals surface area (Å²) in [6, 6.07) is 0. The van der Waals surface area contributed by atoms with E-state index in [-0.39, 0.29) is 5.97 Å². The fourth-order valence-electron chi connectivity index (χ4n) is 1.83. The minimum Gasteiger partial charge on any atom is -0.465 e. The largest absolute Gasteiger partial charge is 0.465 e. The number of hydrogen-bond acceptors (Lipinski definition) is 2. The van der Waals surface area contributed by atoms with Crippen LogP contribution < -0.4 is 0 Å². The van der Waals surface area contributed by atoms with Gasteiger partial charge in [-0.2, -0.15) is 0 Å². The molecule has 112 valence electrons. The second-order valence-corrected chi connectivity index (χ2v) is 6.41. The fourth-order valence-corrected chi connectivity index (χ4v) is 1.83. The molecule has 2 heteroatoms. The lowest BCUT2D eigenvalue weighted by molar-refractivity contribution is -0.142. The van der Waals surface area contributed by atoms with Gasteiger partial charge in [0.15, 0.2) is 0 Å². The quantitative estimate of drug-likeness (QED) is 0.306. The van der Waals surface area contributed by atoms with Gasteiger partial charge in [0, 0.05) is 0 Å². The second kappa shape index (κ2) is 11.1. The van der Waals surface area contributed by atoms with Gasteiger partial charge in [0.2, 0.25) is 0 Å². The molecular formula is C17H32O2. The van der Waals surface area contributed by atoms with Gasteiger partial charge in [0.05, 0.1) is 13.0 Å². The molecule has 0 aliphatic rings. The first-order valence-corrected chi connectivity index (χ1v) is 7.76. The molecule has 0 radical (unpaired) electrons. The predicted molar refractivity (Wildman–Crippen MR) is 82.2 cm³/mol. The van der Waals surface area contributed by atoms with E-state index >= 15 is 0 Å². The zero-order chi connectivity index (χ0) is 14.6. The number of esters is 1. The van der Waals surface area contributed by atoms with Gasteiger partial charge in [-0.15, -0.1) is 0 Å². The Morgan fingerprint density at radius 1 is 1.05 bits per heavy atom. The lowest BCUT2D eigenvalue weighted by Crippen LogP contribution is -2.09. The van der Waals surface area contributed by atoms with Gasteiger partial charge < -0.3 is 4.74 Å². The van der Waals surface area contributed by atoms with Crippen molar-refractivity contribution in [2.75, 3.05) is 6.61 Å². The van der Waals surface area contributed by atoms with Crippen molar-refractivity contribution in [2.45, 2.75) is 79.1 Å². The van der Waals surface area contributed by atoms with E-state index in [1.165, 1.54) is 25.7 Å². The smallest absolute Gasteiger partial charge is 0.309 e. The standard InChI is InChI=1S/C17H32O2/c1-5-6-7-8-9-10-11-13-16(18)19-15-12-14-17(2,3)4/h10-11H,5-9,12-15H2,1-4H3/b11-10-. The van der Waals surface area contributed by atoms with Crippen LogP contribution in [0.1, 0.15) is 79.1 Å². The van der Waals surface area contributed by atoms with Gasteiger partial charge in [0.25, 0.3) is 0 Å². The molecule has 0 heterocycles. The van der Waals surface area contributed by atoms with Gasteiger partial charge in [0.1, 0.15) is 0 Å². The monoisotopic (exact) mass is 268 g/mol. The molecule has 0 aliphatic heterocycles. The van der Waals surface area contributed by atoms with Crippen LogP contribution >= 0.6 is 0 Å². The minimum absolute atomic E-state index is 0.0984. The Bertz CT molecular complexity index is 248. The van der Waals surface area contributed by atoms with Crippen LogP contribution in [0.3, 0.4) is 0 Å². The first-order chi connectivity index (χ1) is 8.95. The predicted octanol–water partition coefficient (Wildman–Crippen LogP) is 5.27. The molecule has 0 saturated heterocycles. The molecule has 0 unspecified atom stereocenters. The van der Waals surface area contributed by atoms with Gasteiger partial charge in [-0.05, 0) is 31.1 Å². The van der Waals surface area contributed by atoms with Crippen LogP contribution in [0.4, 0.5) is 0 Å². The normalized spacial score (nSPS) is 12.0. The molecule has 0 amide bonds. The minimum atomic E-state index is -0.0984. The summed E-state index contributed by atoms with van der Waals surface area (Å²) in [4.78, 5) is 11.4. The molecule has 0 atom stereocenters. The van der Waals surface area contributed by atoms with Crippen molar-refractivity contribution < 1.29 is 9.53 Å². The molecule has 0 aromatic heterocycles. The Hall–Kier alpha value is -0.790. The van der Waals surface area contributed by atoms with E-state index in [0.29, 0.717) is 18.4 Å². The van der Waals surface area contributed by atoms with Crippen LogP contribution in [0.5, 0.6) is 0 Å². The SMILES string of the molecule is CCCCCC/C=C\CC(=O)OCCCC(C)(C)C. The summed E-state index contributed by atoms with van der Waals surface area (Å²) in [7, 11) is 0. The number of carbonyl (C=O) groups excluding carboxylic acids is 1. The average Bonchev–Trinajstić information content (AvgIpc) is 2.32. The highest BCUT2D eigenvalue weighted by atomic mass is 16.5. The highest BCUT2D eigenvalue weighted by molar-refractivity contribution is 5.71. The van der Waals surface area contributed by atoms with Crippen LogP contribution in [0.2, 0.25) is 0 Å². The Morgan fingerprint density at radius 2 is 1.79 bits per heavy atom. The third-order valence-electron chi connectivity index (χ3n) is 3.01. The van der Waals surface area contributed by atoms with Crippen LogP contribution in [0.15, 0.2) is 12.2 Å². The summed E-state index contributed by atoms with van der Waals surface area (Å²) in [5.74, 6) is -0.0984. The molecule has 0 spiro atoms. The number of allylic oxidation sites excluding steroid dienone is 1. The highest BCUT2D eigenvalue weighted by Crippen LogP contribution is 2.20. The summed E-state index contributed by atoms with van der Waals surface area (Å²) in [5, 5.41) is 0.